The summed E-state index contributed by atoms with van der Waals surface area (Å²) in [6, 6.07) is -0.501. The zero-order valence-corrected chi connectivity index (χ0v) is 11.1. The molecule has 98 valence electrons. The second-order valence-corrected chi connectivity index (χ2v) is 5.35. The van der Waals surface area contributed by atoms with E-state index in [1.165, 1.54) is 12.0 Å². The molecule has 0 bridgehead atoms. The summed E-state index contributed by atoms with van der Waals surface area (Å²) in [5, 5.41) is 0. The third kappa shape index (κ3) is 3.35. The van der Waals surface area contributed by atoms with Crippen molar-refractivity contribution in [2.75, 3.05) is 7.11 Å². The lowest BCUT2D eigenvalue weighted by atomic mass is 10.2. The highest BCUT2D eigenvalue weighted by atomic mass is 16.6. The monoisotopic (exact) mass is 243 g/mol. The van der Waals surface area contributed by atoms with E-state index in [1.807, 2.05) is 6.92 Å². The van der Waals surface area contributed by atoms with Crippen molar-refractivity contribution < 1.29 is 19.1 Å². The first kappa shape index (κ1) is 13.8. The van der Waals surface area contributed by atoms with Gasteiger partial charge in [0.15, 0.2) is 0 Å². The highest BCUT2D eigenvalue weighted by Gasteiger charge is 2.41. The van der Waals surface area contributed by atoms with Gasteiger partial charge in [-0.1, -0.05) is 0 Å². The Kier molecular flexibility index (Phi) is 4.01. The summed E-state index contributed by atoms with van der Waals surface area (Å²) in [4.78, 5) is 25.0. The normalized spacial score (nSPS) is 24.6. The van der Waals surface area contributed by atoms with E-state index in [-0.39, 0.29) is 12.0 Å². The smallest absolute Gasteiger partial charge is 0.411 e. The summed E-state index contributed by atoms with van der Waals surface area (Å²) < 4.78 is 10.0. The Hall–Kier alpha value is -1.26. The molecule has 1 unspecified atom stereocenters. The van der Waals surface area contributed by atoms with Gasteiger partial charge in [0.25, 0.3) is 0 Å². The minimum Gasteiger partial charge on any atom is -0.467 e. The molecule has 0 aromatic rings. The third-order valence-electron chi connectivity index (χ3n) is 2.75. The number of amides is 1. The Morgan fingerprint density at radius 3 is 2.29 bits per heavy atom. The molecule has 1 aliphatic heterocycles. The second kappa shape index (κ2) is 4.94. The van der Waals surface area contributed by atoms with Crippen LogP contribution in [-0.2, 0) is 14.3 Å². The van der Waals surface area contributed by atoms with E-state index in [0.29, 0.717) is 6.42 Å². The third-order valence-corrected chi connectivity index (χ3v) is 2.75. The van der Waals surface area contributed by atoms with Crippen LogP contribution in [0.25, 0.3) is 0 Å². The lowest BCUT2D eigenvalue weighted by molar-refractivity contribution is -0.146. The minimum absolute atomic E-state index is 0.00829. The van der Waals surface area contributed by atoms with Crippen molar-refractivity contribution in [3.8, 4) is 0 Å². The molecule has 1 fully saturated rings. The van der Waals surface area contributed by atoms with Gasteiger partial charge in [-0.3, -0.25) is 4.90 Å². The summed E-state index contributed by atoms with van der Waals surface area (Å²) in [7, 11) is 1.33. The van der Waals surface area contributed by atoms with Crippen LogP contribution in [0.4, 0.5) is 4.79 Å². The molecule has 5 nitrogen and oxygen atoms in total. The van der Waals surface area contributed by atoms with E-state index in [0.717, 1.165) is 6.42 Å². The van der Waals surface area contributed by atoms with Crippen molar-refractivity contribution in [3.05, 3.63) is 0 Å². The maximum absolute atomic E-state index is 12.0. The van der Waals surface area contributed by atoms with Crippen LogP contribution in [0.2, 0.25) is 0 Å². The molecular weight excluding hydrogens is 222 g/mol. The van der Waals surface area contributed by atoms with Crippen LogP contribution in [0, 0.1) is 0 Å². The van der Waals surface area contributed by atoms with Gasteiger partial charge in [-0.2, -0.15) is 0 Å². The van der Waals surface area contributed by atoms with E-state index in [1.54, 1.807) is 20.8 Å². The standard InChI is InChI=1S/C12H21NO4/c1-8-6-7-9(10(14)16-5)13(8)11(15)17-12(2,3)4/h8-9H,6-7H2,1-5H3/t8-,9?/m1/s1. The number of methoxy groups -OCH3 is 1. The fourth-order valence-electron chi connectivity index (χ4n) is 1.97. The Morgan fingerprint density at radius 2 is 1.82 bits per heavy atom. The highest BCUT2D eigenvalue weighted by molar-refractivity contribution is 5.82. The maximum atomic E-state index is 12.0. The van der Waals surface area contributed by atoms with Gasteiger partial charge in [0, 0.05) is 6.04 Å². The Morgan fingerprint density at radius 1 is 1.24 bits per heavy atom. The van der Waals surface area contributed by atoms with Gasteiger partial charge in [-0.15, -0.1) is 0 Å². The molecule has 0 aliphatic carbocycles. The van der Waals surface area contributed by atoms with Crippen molar-refractivity contribution in [3.63, 3.8) is 0 Å². The van der Waals surface area contributed by atoms with Crippen molar-refractivity contribution >= 4 is 12.1 Å². The molecule has 0 aromatic carbocycles. The fraction of sp³-hybridized carbons (Fsp3) is 0.833. The molecule has 0 saturated carbocycles. The lowest BCUT2D eigenvalue weighted by Crippen LogP contribution is -2.46. The van der Waals surface area contributed by atoms with Crippen LogP contribution < -0.4 is 0 Å². The van der Waals surface area contributed by atoms with Gasteiger partial charge in [0.2, 0.25) is 0 Å². The number of hydrogen-bond acceptors (Lipinski definition) is 4. The van der Waals surface area contributed by atoms with Gasteiger partial charge in [-0.05, 0) is 40.5 Å². The van der Waals surface area contributed by atoms with Crippen LogP contribution >= 0.6 is 0 Å². The summed E-state index contributed by atoms with van der Waals surface area (Å²) in [5.74, 6) is -0.375. The maximum Gasteiger partial charge on any atom is 0.411 e. The van der Waals surface area contributed by atoms with Crippen LogP contribution in [0.1, 0.15) is 40.5 Å². The number of nitrogens with zero attached hydrogens (tertiary/aromatic N) is 1. The van der Waals surface area contributed by atoms with Gasteiger partial charge >= 0.3 is 12.1 Å². The molecule has 0 N–H and O–H groups in total. The summed E-state index contributed by atoms with van der Waals surface area (Å²) in [5.41, 5.74) is -0.555. The predicted molar refractivity (Wildman–Crippen MR) is 62.6 cm³/mol. The number of hydrogen-bond donors (Lipinski definition) is 0. The molecule has 1 heterocycles. The van der Waals surface area contributed by atoms with Crippen molar-refractivity contribution in [1.29, 1.82) is 0 Å². The first-order chi connectivity index (χ1) is 7.76. The number of rotatable bonds is 1. The van der Waals surface area contributed by atoms with Gasteiger partial charge in [-0.25, -0.2) is 9.59 Å². The van der Waals surface area contributed by atoms with E-state index in [2.05, 4.69) is 0 Å². The number of carbonyl (C=O) groups excluding carboxylic acids is 2. The number of ether oxygens (including phenoxy) is 2. The summed E-state index contributed by atoms with van der Waals surface area (Å²) in [6.07, 6.45) is 0.976. The SMILES string of the molecule is COC(=O)C1CC[C@@H](C)N1C(=O)OC(C)(C)C. The van der Waals surface area contributed by atoms with E-state index >= 15 is 0 Å². The first-order valence-electron chi connectivity index (χ1n) is 5.85. The molecule has 2 atom stereocenters. The second-order valence-electron chi connectivity index (χ2n) is 5.35. The van der Waals surface area contributed by atoms with Crippen LogP contribution in [0.3, 0.4) is 0 Å². The zero-order valence-electron chi connectivity index (χ0n) is 11.1. The largest absolute Gasteiger partial charge is 0.467 e. The molecule has 1 saturated heterocycles. The number of likely N-dealkylation sites (tertiary alicyclic amines) is 1. The Bertz CT molecular complexity index is 308. The van der Waals surface area contributed by atoms with Crippen molar-refractivity contribution in [1.82, 2.24) is 4.90 Å². The Labute approximate surface area is 102 Å². The average Bonchev–Trinajstić information content (AvgIpc) is 2.56. The fourth-order valence-corrected chi connectivity index (χ4v) is 1.97. The molecular formula is C12H21NO4. The molecule has 17 heavy (non-hydrogen) atoms. The highest BCUT2D eigenvalue weighted by Crippen LogP contribution is 2.26. The molecule has 5 heteroatoms. The molecule has 1 aliphatic rings. The molecule has 0 radical (unpaired) electrons. The summed E-state index contributed by atoms with van der Waals surface area (Å²) >= 11 is 0. The van der Waals surface area contributed by atoms with E-state index < -0.39 is 17.7 Å². The lowest BCUT2D eigenvalue weighted by Gasteiger charge is -2.30. The molecule has 1 rings (SSSR count). The molecule has 0 aromatic heterocycles. The van der Waals surface area contributed by atoms with Crippen molar-refractivity contribution in [2.24, 2.45) is 0 Å². The van der Waals surface area contributed by atoms with E-state index in [9.17, 15) is 9.59 Å². The van der Waals surface area contributed by atoms with Crippen molar-refractivity contribution in [2.45, 2.75) is 58.2 Å². The molecule has 1 amide bonds. The Balaban J connectivity index is 2.78. The van der Waals surface area contributed by atoms with Crippen LogP contribution in [0.15, 0.2) is 0 Å². The van der Waals surface area contributed by atoms with E-state index in [4.69, 9.17) is 9.47 Å². The number of esters is 1. The zero-order chi connectivity index (χ0) is 13.2. The average molecular weight is 243 g/mol. The van der Waals surface area contributed by atoms with Gasteiger partial charge < -0.3 is 9.47 Å². The van der Waals surface area contributed by atoms with Crippen LogP contribution in [-0.4, -0.2) is 41.8 Å². The minimum atomic E-state index is -0.555. The molecule has 0 spiro atoms. The quantitative estimate of drug-likeness (QED) is 0.660. The topological polar surface area (TPSA) is 55.8 Å². The predicted octanol–water partition coefficient (Wildman–Crippen LogP) is 1.95. The van der Waals surface area contributed by atoms with Gasteiger partial charge in [0.05, 0.1) is 7.11 Å². The van der Waals surface area contributed by atoms with Crippen LogP contribution in [0.5, 0.6) is 0 Å². The first-order valence-corrected chi connectivity index (χ1v) is 5.85. The van der Waals surface area contributed by atoms with Gasteiger partial charge in [0.1, 0.15) is 11.6 Å². The summed E-state index contributed by atoms with van der Waals surface area (Å²) in [6.45, 7) is 7.32. The number of carbonyl (C=O) groups is 2.